The van der Waals surface area contributed by atoms with Crippen LogP contribution in [0.1, 0.15) is 20.3 Å². The zero-order valence-electron chi connectivity index (χ0n) is 5.65. The third-order valence-electron chi connectivity index (χ3n) is 0.956. The van der Waals surface area contributed by atoms with Crippen LogP contribution in [0.3, 0.4) is 0 Å². The number of hydrogen-bond donors (Lipinski definition) is 0. The van der Waals surface area contributed by atoms with Crippen molar-refractivity contribution in [1.82, 2.24) is 0 Å². The molecule has 0 aromatic carbocycles. The molecule has 0 aliphatic carbocycles. The molecular formula is C7H13N. The lowest BCUT2D eigenvalue weighted by molar-refractivity contribution is 0.741. The van der Waals surface area contributed by atoms with Crippen molar-refractivity contribution in [3.63, 3.8) is 0 Å². The van der Waals surface area contributed by atoms with Crippen LogP contribution in [0.25, 0.3) is 0 Å². The van der Waals surface area contributed by atoms with Gasteiger partial charge in [0.2, 0.25) is 0 Å². The van der Waals surface area contributed by atoms with Crippen molar-refractivity contribution < 1.29 is 0 Å². The van der Waals surface area contributed by atoms with Gasteiger partial charge >= 0.3 is 0 Å². The molecule has 0 radical (unpaired) electrons. The molecule has 1 atom stereocenters. The van der Waals surface area contributed by atoms with E-state index in [0.717, 1.165) is 6.42 Å². The lowest BCUT2D eigenvalue weighted by Crippen LogP contribution is -1.95. The fraction of sp³-hybridized carbons (Fsp3) is 0.571. The lowest BCUT2D eigenvalue weighted by atomic mass is 10.1. The fourth-order valence-electron chi connectivity index (χ4n) is 0.569. The topological polar surface area (TPSA) is 12.4 Å². The maximum atomic E-state index is 3.82. The first kappa shape index (κ1) is 7.41. The highest BCUT2D eigenvalue weighted by Crippen LogP contribution is 2.02. The molecule has 8 heavy (non-hydrogen) atoms. The third kappa shape index (κ3) is 3.59. The molecule has 46 valence electrons. The largest absolute Gasteiger partial charge is 0.298 e. The minimum Gasteiger partial charge on any atom is -0.298 e. The summed E-state index contributed by atoms with van der Waals surface area (Å²) >= 11 is 0. The Morgan fingerprint density at radius 1 is 1.75 bits per heavy atom. The maximum Gasteiger partial charge on any atom is 0.0501 e. The summed E-state index contributed by atoms with van der Waals surface area (Å²) in [6, 6.07) is 0.340. The second kappa shape index (κ2) is 3.42. The fourth-order valence-corrected chi connectivity index (χ4v) is 0.569. The average molecular weight is 111 g/mol. The normalized spacial score (nSPS) is 12.8. The first-order valence-corrected chi connectivity index (χ1v) is 2.77. The van der Waals surface area contributed by atoms with E-state index >= 15 is 0 Å². The third-order valence-corrected chi connectivity index (χ3v) is 0.956. The standard InChI is InChI=1S/C7H13N/c1-6(2)5-7(3)8-4/h7H,1,4-5H2,2-3H3. The van der Waals surface area contributed by atoms with Crippen molar-refractivity contribution in [2.24, 2.45) is 4.99 Å². The van der Waals surface area contributed by atoms with Gasteiger partial charge in [0, 0.05) is 0 Å². The number of hydrogen-bond acceptors (Lipinski definition) is 1. The summed E-state index contributed by atoms with van der Waals surface area (Å²) in [6.07, 6.45) is 0.962. The quantitative estimate of drug-likeness (QED) is 0.390. The average Bonchev–Trinajstić information content (AvgIpc) is 1.65. The molecule has 0 N–H and O–H groups in total. The van der Waals surface area contributed by atoms with Gasteiger partial charge in [-0.25, -0.2) is 0 Å². The van der Waals surface area contributed by atoms with Crippen LogP contribution in [0, 0.1) is 0 Å². The summed E-state index contributed by atoms with van der Waals surface area (Å²) in [7, 11) is 0. The Morgan fingerprint density at radius 3 is 2.38 bits per heavy atom. The van der Waals surface area contributed by atoms with Crippen molar-refractivity contribution in [3.8, 4) is 0 Å². The van der Waals surface area contributed by atoms with Gasteiger partial charge in [0.25, 0.3) is 0 Å². The van der Waals surface area contributed by atoms with Crippen molar-refractivity contribution in [3.05, 3.63) is 12.2 Å². The SMILES string of the molecule is C=NC(C)CC(=C)C. The number of rotatable bonds is 3. The van der Waals surface area contributed by atoms with Crippen LogP contribution in [0.2, 0.25) is 0 Å². The highest BCUT2D eigenvalue weighted by molar-refractivity contribution is 5.24. The van der Waals surface area contributed by atoms with Gasteiger partial charge in [-0.15, -0.1) is 6.58 Å². The van der Waals surface area contributed by atoms with Gasteiger partial charge in [0.05, 0.1) is 6.04 Å². The summed E-state index contributed by atoms with van der Waals surface area (Å²) < 4.78 is 0. The highest BCUT2D eigenvalue weighted by Gasteiger charge is 1.94. The second-order valence-corrected chi connectivity index (χ2v) is 2.19. The molecule has 1 heteroatoms. The zero-order chi connectivity index (χ0) is 6.57. The van der Waals surface area contributed by atoms with Crippen molar-refractivity contribution in [2.45, 2.75) is 26.3 Å². The summed E-state index contributed by atoms with van der Waals surface area (Å²) in [5.74, 6) is 0. The van der Waals surface area contributed by atoms with E-state index in [0.29, 0.717) is 6.04 Å². The Morgan fingerprint density at radius 2 is 2.25 bits per heavy atom. The molecule has 0 amide bonds. The van der Waals surface area contributed by atoms with E-state index in [9.17, 15) is 0 Å². The molecule has 1 nitrogen and oxygen atoms in total. The second-order valence-electron chi connectivity index (χ2n) is 2.19. The van der Waals surface area contributed by atoms with E-state index in [-0.39, 0.29) is 0 Å². The molecule has 0 aliphatic rings. The summed E-state index contributed by atoms with van der Waals surface area (Å²) in [6.45, 7) is 11.2. The number of aliphatic imine (C=N–C) groups is 1. The van der Waals surface area contributed by atoms with Crippen LogP contribution in [-0.4, -0.2) is 12.8 Å². The van der Waals surface area contributed by atoms with E-state index in [1.165, 1.54) is 5.57 Å². The number of nitrogens with zero attached hydrogens (tertiary/aromatic N) is 1. The Hall–Kier alpha value is -0.590. The zero-order valence-corrected chi connectivity index (χ0v) is 5.65. The molecule has 0 saturated carbocycles. The van der Waals surface area contributed by atoms with Crippen molar-refractivity contribution >= 4 is 6.72 Å². The van der Waals surface area contributed by atoms with Crippen LogP contribution in [0.15, 0.2) is 17.1 Å². The van der Waals surface area contributed by atoms with Crippen LogP contribution < -0.4 is 0 Å². The van der Waals surface area contributed by atoms with Gasteiger partial charge in [0.15, 0.2) is 0 Å². The van der Waals surface area contributed by atoms with Gasteiger partial charge in [-0.3, -0.25) is 4.99 Å². The van der Waals surface area contributed by atoms with Gasteiger partial charge in [-0.05, 0) is 27.0 Å². The molecule has 0 aromatic heterocycles. The summed E-state index contributed by atoms with van der Waals surface area (Å²) in [5.41, 5.74) is 1.17. The first-order chi connectivity index (χ1) is 3.66. The Bertz CT molecular complexity index is 94.6. The molecule has 0 rings (SSSR count). The highest BCUT2D eigenvalue weighted by atomic mass is 14.7. The Kier molecular flexibility index (Phi) is 3.16. The van der Waals surface area contributed by atoms with E-state index < -0.39 is 0 Å². The molecule has 0 aromatic rings. The minimum absolute atomic E-state index is 0.340. The van der Waals surface area contributed by atoms with Crippen LogP contribution in [0.5, 0.6) is 0 Å². The van der Waals surface area contributed by atoms with Crippen molar-refractivity contribution in [1.29, 1.82) is 0 Å². The van der Waals surface area contributed by atoms with Gasteiger partial charge in [-0.2, -0.15) is 0 Å². The van der Waals surface area contributed by atoms with Gasteiger partial charge in [-0.1, -0.05) is 5.57 Å². The van der Waals surface area contributed by atoms with E-state index in [2.05, 4.69) is 18.3 Å². The lowest BCUT2D eigenvalue weighted by Gasteiger charge is -2.01. The molecule has 0 aliphatic heterocycles. The summed E-state index contributed by atoms with van der Waals surface area (Å²) in [5, 5.41) is 0. The molecule has 0 spiro atoms. The van der Waals surface area contributed by atoms with Crippen LogP contribution in [-0.2, 0) is 0 Å². The molecular weight excluding hydrogens is 98.1 g/mol. The van der Waals surface area contributed by atoms with Crippen molar-refractivity contribution in [2.75, 3.05) is 0 Å². The monoisotopic (exact) mass is 111 g/mol. The molecule has 1 unspecified atom stereocenters. The van der Waals surface area contributed by atoms with E-state index in [4.69, 9.17) is 0 Å². The van der Waals surface area contributed by atoms with Crippen LogP contribution >= 0.6 is 0 Å². The minimum atomic E-state index is 0.340. The molecule has 0 saturated heterocycles. The van der Waals surface area contributed by atoms with Gasteiger partial charge in [0.1, 0.15) is 0 Å². The van der Waals surface area contributed by atoms with E-state index in [1.54, 1.807) is 0 Å². The maximum absolute atomic E-state index is 3.82. The smallest absolute Gasteiger partial charge is 0.0501 e. The first-order valence-electron chi connectivity index (χ1n) is 2.77. The molecule has 0 fully saturated rings. The Balaban J connectivity index is 3.38. The molecule has 0 heterocycles. The van der Waals surface area contributed by atoms with E-state index in [1.807, 2.05) is 13.8 Å². The predicted molar refractivity (Wildman–Crippen MR) is 38.4 cm³/mol. The van der Waals surface area contributed by atoms with Gasteiger partial charge < -0.3 is 0 Å². The summed E-state index contributed by atoms with van der Waals surface area (Å²) in [4.78, 5) is 3.82. The predicted octanol–water partition coefficient (Wildman–Crippen LogP) is 2.04. The van der Waals surface area contributed by atoms with Crippen LogP contribution in [0.4, 0.5) is 0 Å². The molecule has 0 bridgehead atoms. The Labute approximate surface area is 51.1 Å².